The van der Waals surface area contributed by atoms with Gasteiger partial charge in [0.05, 0.1) is 12.0 Å². The molecule has 1 aromatic carbocycles. The minimum Gasteiger partial charge on any atom is -0.481 e. The van der Waals surface area contributed by atoms with Crippen LogP contribution in [0.4, 0.5) is 13.2 Å². The molecule has 1 aliphatic heterocycles. The monoisotopic (exact) mass is 340 g/mol. The minimum atomic E-state index is -4.57. The molecule has 0 spiro atoms. The van der Waals surface area contributed by atoms with E-state index in [1.165, 1.54) is 24.3 Å². The molecule has 0 radical (unpaired) electrons. The van der Waals surface area contributed by atoms with Gasteiger partial charge in [-0.3, -0.25) is 4.79 Å². The molecule has 128 valence electrons. The van der Waals surface area contributed by atoms with Crippen molar-refractivity contribution in [2.45, 2.75) is 37.2 Å². The van der Waals surface area contributed by atoms with E-state index in [-0.39, 0.29) is 18.4 Å². The van der Waals surface area contributed by atoms with Gasteiger partial charge < -0.3 is 10.2 Å². The SMILES string of the molecule is C#CC[C@@H](C(=O)O)[C@@H](O)CCc1ccc(C2(C(F)(F)F)N=N2)cc1. The Hall–Kier alpha value is -2.40. The Labute approximate surface area is 136 Å². The molecule has 24 heavy (non-hydrogen) atoms. The molecule has 0 aliphatic carbocycles. The Morgan fingerprint density at radius 2 is 1.88 bits per heavy atom. The fourth-order valence-corrected chi connectivity index (χ4v) is 2.38. The fraction of sp³-hybridized carbons (Fsp3) is 0.438. The topological polar surface area (TPSA) is 82.2 Å². The van der Waals surface area contributed by atoms with Crippen molar-refractivity contribution in [3.63, 3.8) is 0 Å². The summed E-state index contributed by atoms with van der Waals surface area (Å²) in [6.45, 7) is 0. The normalized spacial score (nSPS) is 17.8. The van der Waals surface area contributed by atoms with Gasteiger partial charge in [-0.1, -0.05) is 24.3 Å². The van der Waals surface area contributed by atoms with Crippen LogP contribution in [0.25, 0.3) is 0 Å². The van der Waals surface area contributed by atoms with E-state index in [0.29, 0.717) is 12.0 Å². The highest BCUT2D eigenvalue weighted by atomic mass is 19.4. The second-order valence-corrected chi connectivity index (χ2v) is 5.53. The van der Waals surface area contributed by atoms with Gasteiger partial charge in [-0.15, -0.1) is 22.6 Å². The number of terminal acetylenes is 1. The third-order valence-corrected chi connectivity index (χ3v) is 3.90. The van der Waals surface area contributed by atoms with Gasteiger partial charge in [0.15, 0.2) is 0 Å². The summed E-state index contributed by atoms with van der Waals surface area (Å²) in [6.07, 6.45) is -0.276. The lowest BCUT2D eigenvalue weighted by Crippen LogP contribution is -2.30. The van der Waals surface area contributed by atoms with Gasteiger partial charge in [0.1, 0.15) is 0 Å². The first-order chi connectivity index (χ1) is 11.2. The van der Waals surface area contributed by atoms with Crippen molar-refractivity contribution in [2.75, 3.05) is 0 Å². The standard InChI is InChI=1S/C16H15F3N2O3/c1-2-3-12(14(23)24)13(22)9-6-10-4-7-11(8-5-10)15(20-21-15)16(17,18)19/h1,4-5,7-8,12-13,22H,3,6,9H2,(H,23,24)/t12-,13+/m1/s1. The van der Waals surface area contributed by atoms with Gasteiger partial charge in [-0.25, -0.2) is 0 Å². The van der Waals surface area contributed by atoms with Crippen molar-refractivity contribution in [3.05, 3.63) is 35.4 Å². The summed E-state index contributed by atoms with van der Waals surface area (Å²) in [5.41, 5.74) is -1.86. The highest BCUT2D eigenvalue weighted by Gasteiger charge is 2.65. The zero-order valence-electron chi connectivity index (χ0n) is 12.5. The Morgan fingerprint density at radius 1 is 1.29 bits per heavy atom. The Kier molecular flexibility index (Phi) is 4.94. The summed E-state index contributed by atoms with van der Waals surface area (Å²) >= 11 is 0. The Balaban J connectivity index is 1.98. The number of nitrogens with zero attached hydrogens (tertiary/aromatic N) is 2. The molecule has 5 nitrogen and oxygen atoms in total. The maximum absolute atomic E-state index is 12.9. The molecule has 2 N–H and O–H groups in total. The second-order valence-electron chi connectivity index (χ2n) is 5.53. The average molecular weight is 340 g/mol. The summed E-state index contributed by atoms with van der Waals surface area (Å²) in [5, 5.41) is 25.2. The number of carboxylic acids is 1. The highest BCUT2D eigenvalue weighted by Crippen LogP contribution is 2.52. The molecule has 0 unspecified atom stereocenters. The molecule has 8 heteroatoms. The molecular weight excluding hydrogens is 325 g/mol. The van der Waals surface area contributed by atoms with E-state index in [4.69, 9.17) is 11.5 Å². The lowest BCUT2D eigenvalue weighted by atomic mass is 9.93. The number of benzene rings is 1. The van der Waals surface area contributed by atoms with Gasteiger partial charge >= 0.3 is 17.8 Å². The van der Waals surface area contributed by atoms with Gasteiger partial charge in [0.2, 0.25) is 0 Å². The molecule has 1 heterocycles. The summed E-state index contributed by atoms with van der Waals surface area (Å²) in [6, 6.07) is 5.53. The predicted molar refractivity (Wildman–Crippen MR) is 77.9 cm³/mol. The number of aryl methyl sites for hydroxylation is 1. The zero-order chi connectivity index (χ0) is 18.0. The maximum atomic E-state index is 12.9. The van der Waals surface area contributed by atoms with Crippen molar-refractivity contribution >= 4 is 5.97 Å². The number of carbonyl (C=O) groups is 1. The Bertz CT molecular complexity index is 671. The summed E-state index contributed by atoms with van der Waals surface area (Å²) < 4.78 is 38.6. The fourth-order valence-electron chi connectivity index (χ4n) is 2.38. The molecule has 0 aromatic heterocycles. The summed E-state index contributed by atoms with van der Waals surface area (Å²) in [7, 11) is 0. The molecule has 2 atom stereocenters. The molecule has 0 fully saturated rings. The molecule has 0 bridgehead atoms. The smallest absolute Gasteiger partial charge is 0.442 e. The van der Waals surface area contributed by atoms with Crippen molar-refractivity contribution in [1.29, 1.82) is 0 Å². The number of aliphatic carboxylic acids is 1. The van der Waals surface area contributed by atoms with Crippen LogP contribution < -0.4 is 0 Å². The number of aliphatic hydroxyl groups excluding tert-OH is 1. The van der Waals surface area contributed by atoms with Crippen LogP contribution >= 0.6 is 0 Å². The third kappa shape index (κ3) is 3.57. The number of alkyl halides is 3. The number of carboxylic acid groups (broad SMARTS) is 1. The van der Waals surface area contributed by atoms with Crippen molar-refractivity contribution < 1.29 is 28.2 Å². The van der Waals surface area contributed by atoms with Crippen molar-refractivity contribution in [1.82, 2.24) is 0 Å². The van der Waals surface area contributed by atoms with Gasteiger partial charge in [-0.05, 0) is 18.4 Å². The zero-order valence-corrected chi connectivity index (χ0v) is 12.5. The van der Waals surface area contributed by atoms with Crippen LogP contribution in [0, 0.1) is 18.3 Å². The second kappa shape index (κ2) is 6.61. The molecule has 0 saturated heterocycles. The van der Waals surface area contributed by atoms with Crippen LogP contribution in [0.3, 0.4) is 0 Å². The van der Waals surface area contributed by atoms with Gasteiger partial charge in [0.25, 0.3) is 0 Å². The molecule has 0 amide bonds. The van der Waals surface area contributed by atoms with Crippen molar-refractivity contribution in [2.24, 2.45) is 16.1 Å². The quantitative estimate of drug-likeness (QED) is 0.749. The van der Waals surface area contributed by atoms with E-state index < -0.39 is 29.8 Å². The van der Waals surface area contributed by atoms with Crippen LogP contribution in [0.5, 0.6) is 0 Å². The molecule has 2 rings (SSSR count). The first-order valence-electron chi connectivity index (χ1n) is 7.16. The van der Waals surface area contributed by atoms with Crippen LogP contribution in [-0.4, -0.2) is 28.5 Å². The molecule has 1 aliphatic rings. The summed E-state index contributed by atoms with van der Waals surface area (Å²) in [4.78, 5) is 11.0. The van der Waals surface area contributed by atoms with E-state index in [0.717, 1.165) is 0 Å². The van der Waals surface area contributed by atoms with E-state index in [1.54, 1.807) is 0 Å². The van der Waals surface area contributed by atoms with Gasteiger partial charge in [-0.2, -0.15) is 13.2 Å². The van der Waals surface area contributed by atoms with Crippen LogP contribution in [0.2, 0.25) is 0 Å². The first kappa shape index (κ1) is 17.9. The number of hydrogen-bond acceptors (Lipinski definition) is 4. The lowest BCUT2D eigenvalue weighted by Gasteiger charge is -2.17. The minimum absolute atomic E-state index is 0.0740. The average Bonchev–Trinajstić information content (AvgIpc) is 3.32. The molecular formula is C16H15F3N2O3. The molecule has 0 saturated carbocycles. The highest BCUT2D eigenvalue weighted by molar-refractivity contribution is 5.71. The van der Waals surface area contributed by atoms with E-state index in [2.05, 4.69) is 16.1 Å². The lowest BCUT2D eigenvalue weighted by molar-refractivity contribution is -0.166. The van der Waals surface area contributed by atoms with Gasteiger partial charge in [0, 0.05) is 12.0 Å². The third-order valence-electron chi connectivity index (χ3n) is 3.90. The number of rotatable bonds is 7. The van der Waals surface area contributed by atoms with E-state index in [9.17, 15) is 23.1 Å². The van der Waals surface area contributed by atoms with Crippen LogP contribution in [0.15, 0.2) is 34.5 Å². The largest absolute Gasteiger partial charge is 0.481 e. The maximum Gasteiger partial charge on any atom is 0.442 e. The number of halogens is 3. The molecule has 1 aromatic rings. The van der Waals surface area contributed by atoms with Crippen LogP contribution in [0.1, 0.15) is 24.0 Å². The van der Waals surface area contributed by atoms with E-state index >= 15 is 0 Å². The Morgan fingerprint density at radius 3 is 2.29 bits per heavy atom. The van der Waals surface area contributed by atoms with Crippen molar-refractivity contribution in [3.8, 4) is 12.3 Å². The number of aliphatic hydroxyl groups is 1. The predicted octanol–water partition coefficient (Wildman–Crippen LogP) is 2.89. The van der Waals surface area contributed by atoms with E-state index in [1.807, 2.05) is 0 Å². The first-order valence-corrected chi connectivity index (χ1v) is 7.16. The summed E-state index contributed by atoms with van der Waals surface area (Å²) in [5.74, 6) is -0.0386. The number of hydrogen-bond donors (Lipinski definition) is 2. The van der Waals surface area contributed by atoms with Crippen LogP contribution in [-0.2, 0) is 16.9 Å².